The molecule has 0 amide bonds. The topological polar surface area (TPSA) is 41.1 Å². The van der Waals surface area contributed by atoms with Crippen molar-refractivity contribution in [3.8, 4) is 0 Å². The molecule has 4 heteroatoms. The Labute approximate surface area is 81.9 Å². The average Bonchev–Trinajstić information content (AvgIpc) is 2.14. The molecule has 0 fully saturated rings. The third-order valence-corrected chi connectivity index (χ3v) is 2.10. The summed E-state index contributed by atoms with van der Waals surface area (Å²) in [6.45, 7) is 7.99. The van der Waals surface area contributed by atoms with Gasteiger partial charge in [0.15, 0.2) is 0 Å². The average molecular weight is 200 g/mol. The smallest absolute Gasteiger partial charge is 0.122 e. The molecule has 0 aromatic carbocycles. The van der Waals surface area contributed by atoms with E-state index < -0.39 is 0 Å². The second-order valence-corrected chi connectivity index (χ2v) is 3.14. The van der Waals surface area contributed by atoms with Crippen molar-refractivity contribution >= 4 is 15.5 Å². The highest BCUT2D eigenvalue weighted by molar-refractivity contribution is 7.16. The van der Waals surface area contributed by atoms with E-state index in [1.54, 1.807) is 6.20 Å². The minimum Gasteiger partial charge on any atom is -0.386 e. The number of rotatable bonds is 8. The molecule has 0 aliphatic rings. The van der Waals surface area contributed by atoms with E-state index in [4.69, 9.17) is 0 Å². The van der Waals surface area contributed by atoms with E-state index in [0.29, 0.717) is 13.0 Å². The fraction of sp³-hybridized carbons (Fsp3) is 0.444. The van der Waals surface area contributed by atoms with Gasteiger partial charge in [0.2, 0.25) is 0 Å². The van der Waals surface area contributed by atoms with E-state index >= 15 is 0 Å². The molecule has 0 aromatic rings. The van der Waals surface area contributed by atoms with Crippen LogP contribution in [0.25, 0.3) is 0 Å². The molecule has 0 radical (unpaired) electrons. The van der Waals surface area contributed by atoms with Gasteiger partial charge in [0.05, 0.1) is 6.54 Å². The molecule has 0 spiro atoms. The van der Waals surface area contributed by atoms with Crippen molar-refractivity contribution in [1.82, 2.24) is 10.6 Å². The summed E-state index contributed by atoms with van der Waals surface area (Å²) < 4.78 is 0. The number of hydrogen-bond acceptors (Lipinski definition) is 3. The van der Waals surface area contributed by atoms with E-state index in [0.717, 1.165) is 18.1 Å². The Hall–Kier alpha value is -0.820. The van der Waals surface area contributed by atoms with Crippen LogP contribution in [0.3, 0.4) is 0 Å². The van der Waals surface area contributed by atoms with E-state index in [2.05, 4.69) is 33.0 Å². The Morgan fingerprint density at radius 3 is 2.77 bits per heavy atom. The Balaban J connectivity index is 3.71. The third kappa shape index (κ3) is 6.35. The van der Waals surface area contributed by atoms with E-state index in [-0.39, 0.29) is 6.04 Å². The molecular formula is C9H17N2OP. The van der Waals surface area contributed by atoms with E-state index in [1.807, 2.05) is 0 Å². The zero-order valence-corrected chi connectivity index (χ0v) is 8.91. The first-order valence-corrected chi connectivity index (χ1v) is 4.98. The summed E-state index contributed by atoms with van der Waals surface area (Å²) in [6, 6.07) is 0.168. The van der Waals surface area contributed by atoms with Gasteiger partial charge in [0, 0.05) is 18.2 Å². The van der Waals surface area contributed by atoms with Crippen LogP contribution in [0.4, 0.5) is 0 Å². The maximum Gasteiger partial charge on any atom is 0.122 e. The Bertz CT molecular complexity index is 182. The molecule has 0 rings (SSSR count). The molecule has 2 N–H and O–H groups in total. The molecule has 74 valence electrons. The molecular weight excluding hydrogens is 183 g/mol. The molecule has 0 saturated carbocycles. The fourth-order valence-corrected chi connectivity index (χ4v) is 1.18. The monoisotopic (exact) mass is 200 g/mol. The zero-order valence-electron chi connectivity index (χ0n) is 7.75. The van der Waals surface area contributed by atoms with Gasteiger partial charge >= 0.3 is 0 Å². The van der Waals surface area contributed by atoms with Gasteiger partial charge in [-0.3, -0.25) is 0 Å². The summed E-state index contributed by atoms with van der Waals surface area (Å²) >= 11 is 0. The first kappa shape index (κ1) is 12.2. The summed E-state index contributed by atoms with van der Waals surface area (Å²) in [7, 11) is 2.60. The molecule has 0 aliphatic carbocycles. The Morgan fingerprint density at radius 1 is 1.62 bits per heavy atom. The van der Waals surface area contributed by atoms with Crippen LogP contribution in [-0.2, 0) is 4.79 Å². The quantitative estimate of drug-likeness (QED) is 0.446. The van der Waals surface area contributed by atoms with Crippen LogP contribution in [-0.4, -0.2) is 25.0 Å². The SMILES string of the molecule is C=CNCC(=C)NC(CP)CC=O. The number of carbonyl (C=O) groups excluding carboxylic acids is 1. The summed E-state index contributed by atoms with van der Waals surface area (Å²) in [6.07, 6.45) is 3.88. The number of hydrogen-bond donors (Lipinski definition) is 2. The summed E-state index contributed by atoms with van der Waals surface area (Å²) in [5.74, 6) is 0. The minimum atomic E-state index is 0.168. The maximum absolute atomic E-state index is 10.3. The third-order valence-electron chi connectivity index (χ3n) is 1.53. The molecule has 2 unspecified atom stereocenters. The molecule has 0 aromatic heterocycles. The van der Waals surface area contributed by atoms with Gasteiger partial charge in [0.25, 0.3) is 0 Å². The highest BCUT2D eigenvalue weighted by Crippen LogP contribution is 1.97. The predicted octanol–water partition coefficient (Wildman–Crippen LogP) is 0.655. The highest BCUT2D eigenvalue weighted by Gasteiger charge is 2.04. The van der Waals surface area contributed by atoms with Gasteiger partial charge in [-0.25, -0.2) is 0 Å². The van der Waals surface area contributed by atoms with Crippen molar-refractivity contribution < 1.29 is 4.79 Å². The van der Waals surface area contributed by atoms with E-state index in [1.165, 1.54) is 0 Å². The predicted molar refractivity (Wildman–Crippen MR) is 59.5 cm³/mol. The van der Waals surface area contributed by atoms with Crippen LogP contribution >= 0.6 is 9.24 Å². The summed E-state index contributed by atoms with van der Waals surface area (Å²) in [5, 5.41) is 6.07. The molecule has 13 heavy (non-hydrogen) atoms. The van der Waals surface area contributed by atoms with Crippen molar-refractivity contribution in [2.45, 2.75) is 12.5 Å². The van der Waals surface area contributed by atoms with Crippen molar-refractivity contribution in [2.75, 3.05) is 12.7 Å². The molecule has 0 heterocycles. The summed E-state index contributed by atoms with van der Waals surface area (Å²) in [5.41, 5.74) is 0.870. The van der Waals surface area contributed by atoms with Crippen LogP contribution < -0.4 is 10.6 Å². The maximum atomic E-state index is 10.3. The Kier molecular flexibility index (Phi) is 7.32. The van der Waals surface area contributed by atoms with Crippen LogP contribution in [0, 0.1) is 0 Å². The van der Waals surface area contributed by atoms with Crippen molar-refractivity contribution in [2.24, 2.45) is 0 Å². The number of carbonyl (C=O) groups is 1. The van der Waals surface area contributed by atoms with Crippen LogP contribution in [0.5, 0.6) is 0 Å². The van der Waals surface area contributed by atoms with Crippen LogP contribution in [0.1, 0.15) is 6.42 Å². The van der Waals surface area contributed by atoms with E-state index in [9.17, 15) is 4.79 Å². The van der Waals surface area contributed by atoms with Gasteiger partial charge in [-0.2, -0.15) is 0 Å². The first-order chi connectivity index (χ1) is 6.24. The molecule has 0 aliphatic heterocycles. The molecule has 3 nitrogen and oxygen atoms in total. The van der Waals surface area contributed by atoms with Gasteiger partial charge in [-0.05, 0) is 12.4 Å². The number of aldehydes is 1. The molecule has 2 atom stereocenters. The lowest BCUT2D eigenvalue weighted by Crippen LogP contribution is -2.33. The largest absolute Gasteiger partial charge is 0.386 e. The zero-order chi connectivity index (χ0) is 10.1. The Morgan fingerprint density at radius 2 is 2.31 bits per heavy atom. The molecule has 0 bridgehead atoms. The second-order valence-electron chi connectivity index (χ2n) is 2.67. The highest BCUT2D eigenvalue weighted by atomic mass is 31.0. The molecule has 0 saturated heterocycles. The van der Waals surface area contributed by atoms with Gasteiger partial charge in [-0.1, -0.05) is 13.2 Å². The standard InChI is InChI=1S/C9H17N2OP/c1-3-10-6-8(2)11-9(7-13)4-5-12/h3,5,9-11H,1-2,4,6-7,13H2. The lowest BCUT2D eigenvalue weighted by Gasteiger charge is -2.17. The van der Waals surface area contributed by atoms with Gasteiger partial charge in [-0.15, -0.1) is 9.24 Å². The van der Waals surface area contributed by atoms with Gasteiger partial charge < -0.3 is 15.4 Å². The van der Waals surface area contributed by atoms with Crippen LogP contribution in [0.15, 0.2) is 25.1 Å². The minimum absolute atomic E-state index is 0.168. The fourth-order valence-electron chi connectivity index (χ4n) is 0.865. The summed E-state index contributed by atoms with van der Waals surface area (Å²) in [4.78, 5) is 10.3. The van der Waals surface area contributed by atoms with Crippen molar-refractivity contribution in [3.05, 3.63) is 25.1 Å². The van der Waals surface area contributed by atoms with Crippen LogP contribution in [0.2, 0.25) is 0 Å². The lowest BCUT2D eigenvalue weighted by atomic mass is 10.2. The lowest BCUT2D eigenvalue weighted by molar-refractivity contribution is -0.108. The second kappa shape index (κ2) is 7.81. The normalized spacial score (nSPS) is 11.5. The number of nitrogens with one attached hydrogen (secondary N) is 2. The van der Waals surface area contributed by atoms with Gasteiger partial charge in [0.1, 0.15) is 6.29 Å². The van der Waals surface area contributed by atoms with Crippen molar-refractivity contribution in [1.29, 1.82) is 0 Å². The first-order valence-electron chi connectivity index (χ1n) is 4.16. The van der Waals surface area contributed by atoms with Crippen molar-refractivity contribution in [3.63, 3.8) is 0 Å².